The number of hydrogen-bond donors (Lipinski definition) is 1. The van der Waals surface area contributed by atoms with Crippen molar-refractivity contribution >= 4 is 0 Å². The summed E-state index contributed by atoms with van der Waals surface area (Å²) in [6, 6.07) is 10.5. The fourth-order valence-corrected chi connectivity index (χ4v) is 2.62. The van der Waals surface area contributed by atoms with Crippen molar-refractivity contribution in [3.05, 3.63) is 35.9 Å². The topological polar surface area (TPSA) is 32.7 Å². The van der Waals surface area contributed by atoms with Crippen LogP contribution in [0.3, 0.4) is 0 Å². The van der Waals surface area contributed by atoms with Gasteiger partial charge in [-0.1, -0.05) is 30.3 Å². The Morgan fingerprint density at radius 1 is 1.16 bits per heavy atom. The van der Waals surface area contributed by atoms with Crippen LogP contribution < -0.4 is 0 Å². The van der Waals surface area contributed by atoms with Gasteiger partial charge in [0.05, 0.1) is 18.3 Å². The van der Waals surface area contributed by atoms with Gasteiger partial charge in [0.25, 0.3) is 0 Å². The van der Waals surface area contributed by atoms with E-state index in [1.54, 1.807) is 0 Å². The Hall–Kier alpha value is -0.900. The van der Waals surface area contributed by atoms with Gasteiger partial charge in [-0.15, -0.1) is 0 Å². The number of piperidine rings is 1. The highest BCUT2D eigenvalue weighted by atomic mass is 16.5. The molecule has 0 amide bonds. The maximum atomic E-state index is 10.5. The van der Waals surface area contributed by atoms with Crippen molar-refractivity contribution in [1.29, 1.82) is 0 Å². The normalized spacial score (nSPS) is 23.4. The lowest BCUT2D eigenvalue weighted by atomic mass is 9.92. The number of benzene rings is 1. The molecule has 3 rings (SSSR count). The average molecular weight is 261 g/mol. The Morgan fingerprint density at radius 3 is 2.47 bits per heavy atom. The highest BCUT2D eigenvalue weighted by molar-refractivity contribution is 5.14. The SMILES string of the molecule is OC1(COC2CC2)CCN(Cc2ccccc2)CC1. The van der Waals surface area contributed by atoms with Gasteiger partial charge in [0.15, 0.2) is 0 Å². The molecule has 0 atom stereocenters. The van der Waals surface area contributed by atoms with Crippen molar-refractivity contribution < 1.29 is 9.84 Å². The summed E-state index contributed by atoms with van der Waals surface area (Å²) in [6.45, 7) is 3.43. The molecule has 0 bridgehead atoms. The molecule has 1 aliphatic heterocycles. The molecule has 0 aromatic heterocycles. The lowest BCUT2D eigenvalue weighted by molar-refractivity contribution is -0.0864. The van der Waals surface area contributed by atoms with E-state index >= 15 is 0 Å². The second-order valence-electron chi connectivity index (χ2n) is 6.00. The fraction of sp³-hybridized carbons (Fsp3) is 0.625. The molecule has 19 heavy (non-hydrogen) atoms. The van der Waals surface area contributed by atoms with Gasteiger partial charge < -0.3 is 9.84 Å². The standard InChI is InChI=1S/C16H23NO2/c18-16(13-19-15-6-7-15)8-10-17(11-9-16)12-14-4-2-1-3-5-14/h1-5,15,18H,6-13H2. The van der Waals surface area contributed by atoms with Crippen LogP contribution in [0.5, 0.6) is 0 Å². The van der Waals surface area contributed by atoms with E-state index < -0.39 is 5.60 Å². The Morgan fingerprint density at radius 2 is 1.84 bits per heavy atom. The molecule has 3 nitrogen and oxygen atoms in total. The van der Waals surface area contributed by atoms with Crippen molar-refractivity contribution in [2.45, 2.75) is 43.9 Å². The number of likely N-dealkylation sites (tertiary alicyclic amines) is 1. The minimum Gasteiger partial charge on any atom is -0.387 e. The van der Waals surface area contributed by atoms with Gasteiger partial charge in [0.1, 0.15) is 0 Å². The van der Waals surface area contributed by atoms with E-state index in [-0.39, 0.29) is 0 Å². The molecule has 3 heteroatoms. The van der Waals surface area contributed by atoms with Gasteiger partial charge in [-0.25, -0.2) is 0 Å². The maximum Gasteiger partial charge on any atom is 0.0904 e. The zero-order valence-electron chi connectivity index (χ0n) is 11.4. The summed E-state index contributed by atoms with van der Waals surface area (Å²) in [5, 5.41) is 10.5. The highest BCUT2D eigenvalue weighted by Gasteiger charge is 2.34. The molecule has 2 fully saturated rings. The van der Waals surface area contributed by atoms with Crippen molar-refractivity contribution in [2.24, 2.45) is 0 Å². The van der Waals surface area contributed by atoms with E-state index in [0.717, 1.165) is 32.5 Å². The molecule has 1 aliphatic carbocycles. The third-order valence-corrected chi connectivity index (χ3v) is 4.15. The van der Waals surface area contributed by atoms with Gasteiger partial charge in [0, 0.05) is 19.6 Å². The van der Waals surface area contributed by atoms with Crippen LogP contribution in [0, 0.1) is 0 Å². The molecular weight excluding hydrogens is 238 g/mol. The summed E-state index contributed by atoms with van der Waals surface area (Å²) in [5.74, 6) is 0. The lowest BCUT2D eigenvalue weighted by Crippen LogP contribution is -2.46. The van der Waals surface area contributed by atoms with Crippen LogP contribution in [0.1, 0.15) is 31.2 Å². The smallest absolute Gasteiger partial charge is 0.0904 e. The quantitative estimate of drug-likeness (QED) is 0.882. The number of aliphatic hydroxyl groups is 1. The number of nitrogens with zero attached hydrogens (tertiary/aromatic N) is 1. The van der Waals surface area contributed by atoms with Crippen LogP contribution in [0.25, 0.3) is 0 Å². The van der Waals surface area contributed by atoms with E-state index in [0.29, 0.717) is 12.7 Å². The van der Waals surface area contributed by atoms with Crippen molar-refractivity contribution in [3.63, 3.8) is 0 Å². The van der Waals surface area contributed by atoms with Crippen LogP contribution in [-0.2, 0) is 11.3 Å². The first kappa shape index (κ1) is 13.1. The second-order valence-corrected chi connectivity index (χ2v) is 6.00. The first-order chi connectivity index (χ1) is 9.23. The molecule has 0 radical (unpaired) electrons. The zero-order chi connectivity index (χ0) is 13.1. The van der Waals surface area contributed by atoms with Gasteiger partial charge in [0.2, 0.25) is 0 Å². The van der Waals surface area contributed by atoms with Gasteiger partial charge in [-0.05, 0) is 31.2 Å². The second kappa shape index (κ2) is 5.61. The van der Waals surface area contributed by atoms with Crippen LogP contribution >= 0.6 is 0 Å². The Labute approximate surface area is 115 Å². The molecule has 1 saturated carbocycles. The van der Waals surface area contributed by atoms with Crippen molar-refractivity contribution in [1.82, 2.24) is 4.90 Å². The first-order valence-electron chi connectivity index (χ1n) is 7.34. The number of rotatable bonds is 5. The monoisotopic (exact) mass is 261 g/mol. The zero-order valence-corrected chi connectivity index (χ0v) is 11.4. The first-order valence-corrected chi connectivity index (χ1v) is 7.34. The summed E-state index contributed by atoms with van der Waals surface area (Å²) in [4.78, 5) is 2.42. The summed E-state index contributed by atoms with van der Waals surface area (Å²) in [6.07, 6.45) is 4.44. The molecule has 1 saturated heterocycles. The third-order valence-electron chi connectivity index (χ3n) is 4.15. The lowest BCUT2D eigenvalue weighted by Gasteiger charge is -2.38. The third kappa shape index (κ3) is 3.78. The molecular formula is C16H23NO2. The summed E-state index contributed by atoms with van der Waals surface area (Å²) < 4.78 is 5.68. The summed E-state index contributed by atoms with van der Waals surface area (Å²) >= 11 is 0. The molecule has 1 N–H and O–H groups in total. The van der Waals surface area contributed by atoms with Crippen LogP contribution in [-0.4, -0.2) is 41.4 Å². The van der Waals surface area contributed by atoms with E-state index in [1.807, 2.05) is 6.07 Å². The molecule has 2 aliphatic rings. The molecule has 104 valence electrons. The maximum absolute atomic E-state index is 10.5. The molecule has 1 aromatic carbocycles. The molecule has 1 heterocycles. The largest absolute Gasteiger partial charge is 0.387 e. The van der Waals surface area contributed by atoms with Crippen LogP contribution in [0.2, 0.25) is 0 Å². The van der Waals surface area contributed by atoms with Crippen molar-refractivity contribution in [2.75, 3.05) is 19.7 Å². The van der Waals surface area contributed by atoms with Crippen molar-refractivity contribution in [3.8, 4) is 0 Å². The van der Waals surface area contributed by atoms with E-state index in [9.17, 15) is 5.11 Å². The minimum absolute atomic E-state index is 0.436. The Bertz CT molecular complexity index is 394. The van der Waals surface area contributed by atoms with Crippen LogP contribution in [0.4, 0.5) is 0 Å². The summed E-state index contributed by atoms with van der Waals surface area (Å²) in [5.41, 5.74) is 0.762. The minimum atomic E-state index is -0.588. The van der Waals surface area contributed by atoms with Crippen LogP contribution in [0.15, 0.2) is 30.3 Å². The fourth-order valence-electron chi connectivity index (χ4n) is 2.62. The van der Waals surface area contributed by atoms with E-state index in [2.05, 4.69) is 29.2 Å². The number of ether oxygens (including phenoxy) is 1. The molecule has 0 spiro atoms. The molecule has 1 aromatic rings. The van der Waals surface area contributed by atoms with E-state index in [1.165, 1.54) is 18.4 Å². The predicted molar refractivity (Wildman–Crippen MR) is 74.9 cm³/mol. The highest BCUT2D eigenvalue weighted by Crippen LogP contribution is 2.29. The van der Waals surface area contributed by atoms with Gasteiger partial charge >= 0.3 is 0 Å². The van der Waals surface area contributed by atoms with E-state index in [4.69, 9.17) is 4.74 Å². The van der Waals surface area contributed by atoms with Gasteiger partial charge in [-0.3, -0.25) is 4.90 Å². The number of hydrogen-bond acceptors (Lipinski definition) is 3. The Balaban J connectivity index is 1.45. The summed E-state index contributed by atoms with van der Waals surface area (Å²) in [7, 11) is 0. The van der Waals surface area contributed by atoms with Gasteiger partial charge in [-0.2, -0.15) is 0 Å². The average Bonchev–Trinajstić information content (AvgIpc) is 3.25. The predicted octanol–water partition coefficient (Wildman–Crippen LogP) is 2.19. The Kier molecular flexibility index (Phi) is 3.87. The molecule has 0 unspecified atom stereocenters.